The number of aromatic nitrogens is 2. The Labute approximate surface area is 101 Å². The number of aryl methyl sites for hydroxylation is 1. The molecule has 2 aromatic rings. The summed E-state index contributed by atoms with van der Waals surface area (Å²) in [6.07, 6.45) is 1.67. The van der Waals surface area contributed by atoms with E-state index in [1.807, 2.05) is 10.6 Å². The lowest BCUT2D eigenvalue weighted by Gasteiger charge is -2.04. The third-order valence-electron chi connectivity index (χ3n) is 2.34. The van der Waals surface area contributed by atoms with Crippen molar-refractivity contribution in [2.45, 2.75) is 6.54 Å². The van der Waals surface area contributed by atoms with E-state index in [4.69, 9.17) is 17.3 Å². The van der Waals surface area contributed by atoms with Gasteiger partial charge in [0, 0.05) is 34.4 Å². The van der Waals surface area contributed by atoms with Crippen molar-refractivity contribution in [2.24, 2.45) is 0 Å². The molecule has 0 radical (unpaired) electrons. The minimum atomic E-state index is -0.836. The standard InChI is InChI=1S/C10H12ClN3OS/c1-16(15)5-4-14-9-3-2-7(11)6-8(9)13-10(14)12/h2-3,6H,4-5H2,1H3,(H2,12,13). The van der Waals surface area contributed by atoms with E-state index in [0.717, 1.165) is 11.0 Å². The number of halogens is 1. The Morgan fingerprint density at radius 3 is 3.00 bits per heavy atom. The van der Waals surface area contributed by atoms with Gasteiger partial charge in [-0.2, -0.15) is 0 Å². The molecule has 0 aliphatic carbocycles. The zero-order valence-corrected chi connectivity index (χ0v) is 10.4. The average molecular weight is 258 g/mol. The second-order valence-electron chi connectivity index (χ2n) is 3.53. The molecule has 4 nitrogen and oxygen atoms in total. The van der Waals surface area contributed by atoms with Gasteiger partial charge in [-0.1, -0.05) is 11.6 Å². The van der Waals surface area contributed by atoms with Crippen LogP contribution in [-0.4, -0.2) is 25.8 Å². The summed E-state index contributed by atoms with van der Waals surface area (Å²) in [5.74, 6) is 1.00. The van der Waals surface area contributed by atoms with Crippen LogP contribution in [0.1, 0.15) is 0 Å². The van der Waals surface area contributed by atoms with E-state index in [9.17, 15) is 4.21 Å². The number of fused-ring (bicyclic) bond motifs is 1. The van der Waals surface area contributed by atoms with Crippen molar-refractivity contribution in [3.8, 4) is 0 Å². The van der Waals surface area contributed by atoms with Gasteiger partial charge in [0.15, 0.2) is 0 Å². The molecule has 0 saturated heterocycles. The van der Waals surface area contributed by atoms with Crippen LogP contribution in [-0.2, 0) is 17.3 Å². The molecule has 86 valence electrons. The van der Waals surface area contributed by atoms with E-state index in [0.29, 0.717) is 23.3 Å². The van der Waals surface area contributed by atoms with Gasteiger partial charge in [-0.3, -0.25) is 4.21 Å². The third-order valence-corrected chi connectivity index (χ3v) is 3.33. The fourth-order valence-electron chi connectivity index (χ4n) is 1.58. The molecule has 0 aliphatic rings. The van der Waals surface area contributed by atoms with E-state index in [2.05, 4.69) is 4.98 Å². The number of nitrogens with zero attached hydrogens (tertiary/aromatic N) is 2. The molecule has 1 aromatic carbocycles. The molecule has 1 heterocycles. The number of nitrogens with two attached hydrogens (primary N) is 1. The predicted octanol–water partition coefficient (Wildman–Crippen LogP) is 1.65. The lowest BCUT2D eigenvalue weighted by molar-refractivity contribution is 0.680. The summed E-state index contributed by atoms with van der Waals surface area (Å²) < 4.78 is 12.9. The van der Waals surface area contributed by atoms with Crippen molar-refractivity contribution < 1.29 is 4.21 Å². The molecule has 0 spiro atoms. The molecule has 1 aromatic heterocycles. The number of nitrogen functional groups attached to an aromatic ring is 1. The first-order valence-corrected chi connectivity index (χ1v) is 6.90. The quantitative estimate of drug-likeness (QED) is 0.910. The normalized spacial score (nSPS) is 13.1. The maximum absolute atomic E-state index is 11.1. The lowest BCUT2D eigenvalue weighted by atomic mass is 10.3. The first-order valence-electron chi connectivity index (χ1n) is 4.79. The summed E-state index contributed by atoms with van der Waals surface area (Å²) in [6, 6.07) is 5.44. The molecular formula is C10H12ClN3OS. The molecule has 0 bridgehead atoms. The highest BCUT2D eigenvalue weighted by Crippen LogP contribution is 2.21. The Hall–Kier alpha value is -1.07. The predicted molar refractivity (Wildman–Crippen MR) is 68.1 cm³/mol. The molecule has 2 rings (SSSR count). The van der Waals surface area contributed by atoms with Gasteiger partial charge in [-0.25, -0.2) is 4.98 Å². The van der Waals surface area contributed by atoms with Gasteiger partial charge in [0.25, 0.3) is 0 Å². The summed E-state index contributed by atoms with van der Waals surface area (Å²) >= 11 is 5.87. The minimum absolute atomic E-state index is 0.433. The molecule has 16 heavy (non-hydrogen) atoms. The molecule has 0 saturated carbocycles. The molecule has 6 heteroatoms. The number of imidazole rings is 1. The van der Waals surface area contributed by atoms with E-state index in [-0.39, 0.29) is 0 Å². The number of hydrogen-bond acceptors (Lipinski definition) is 3. The summed E-state index contributed by atoms with van der Waals surface area (Å²) in [4.78, 5) is 4.21. The monoisotopic (exact) mass is 257 g/mol. The van der Waals surface area contributed by atoms with Crippen LogP contribution in [0.2, 0.25) is 5.02 Å². The van der Waals surface area contributed by atoms with Crippen LogP contribution in [0, 0.1) is 0 Å². The molecular weight excluding hydrogens is 246 g/mol. The summed E-state index contributed by atoms with van der Waals surface area (Å²) in [6.45, 7) is 0.604. The maximum Gasteiger partial charge on any atom is 0.201 e. The van der Waals surface area contributed by atoms with Gasteiger partial charge in [0.2, 0.25) is 5.95 Å². The number of anilines is 1. The summed E-state index contributed by atoms with van der Waals surface area (Å²) in [5, 5.41) is 0.635. The van der Waals surface area contributed by atoms with Gasteiger partial charge in [-0.05, 0) is 18.2 Å². The highest BCUT2D eigenvalue weighted by molar-refractivity contribution is 7.84. The van der Waals surface area contributed by atoms with E-state index in [1.165, 1.54) is 0 Å². The Balaban J connectivity index is 2.43. The SMILES string of the molecule is CS(=O)CCn1c(N)nc2cc(Cl)ccc21. The number of benzene rings is 1. The molecule has 0 amide bonds. The van der Waals surface area contributed by atoms with Crippen LogP contribution in [0.15, 0.2) is 18.2 Å². The van der Waals surface area contributed by atoms with Crippen molar-refractivity contribution in [3.05, 3.63) is 23.2 Å². The molecule has 0 aliphatic heterocycles. The first-order chi connectivity index (χ1) is 7.58. The van der Waals surface area contributed by atoms with Crippen molar-refractivity contribution in [3.63, 3.8) is 0 Å². The Kier molecular flexibility index (Phi) is 3.16. The van der Waals surface area contributed by atoms with Crippen molar-refractivity contribution >= 4 is 39.4 Å². The molecule has 2 N–H and O–H groups in total. The van der Waals surface area contributed by atoms with Crippen molar-refractivity contribution in [1.29, 1.82) is 0 Å². The topological polar surface area (TPSA) is 60.9 Å². The second kappa shape index (κ2) is 4.43. The number of hydrogen-bond donors (Lipinski definition) is 1. The van der Waals surface area contributed by atoms with Gasteiger partial charge < -0.3 is 10.3 Å². The van der Waals surface area contributed by atoms with Crippen molar-refractivity contribution in [2.75, 3.05) is 17.7 Å². The van der Waals surface area contributed by atoms with Gasteiger partial charge >= 0.3 is 0 Å². The van der Waals surface area contributed by atoms with E-state index >= 15 is 0 Å². The van der Waals surface area contributed by atoms with Crippen LogP contribution in [0.3, 0.4) is 0 Å². The van der Waals surface area contributed by atoms with Gasteiger partial charge in [-0.15, -0.1) is 0 Å². The maximum atomic E-state index is 11.1. The van der Waals surface area contributed by atoms with Gasteiger partial charge in [0.05, 0.1) is 11.0 Å². The fraction of sp³-hybridized carbons (Fsp3) is 0.300. The second-order valence-corrected chi connectivity index (χ2v) is 5.52. The summed E-state index contributed by atoms with van der Waals surface area (Å²) in [5.41, 5.74) is 7.49. The highest BCUT2D eigenvalue weighted by atomic mass is 35.5. The third kappa shape index (κ3) is 2.20. The van der Waals surface area contributed by atoms with Gasteiger partial charge in [0.1, 0.15) is 0 Å². The zero-order valence-electron chi connectivity index (χ0n) is 8.81. The molecule has 1 unspecified atom stereocenters. The summed E-state index contributed by atoms with van der Waals surface area (Å²) in [7, 11) is -0.836. The fourth-order valence-corrected chi connectivity index (χ4v) is 2.18. The average Bonchev–Trinajstić information content (AvgIpc) is 2.50. The lowest BCUT2D eigenvalue weighted by Crippen LogP contribution is -2.09. The number of rotatable bonds is 3. The Morgan fingerprint density at radius 2 is 2.31 bits per heavy atom. The first kappa shape index (κ1) is 11.4. The minimum Gasteiger partial charge on any atom is -0.369 e. The highest BCUT2D eigenvalue weighted by Gasteiger charge is 2.08. The molecule has 0 fully saturated rings. The Bertz CT molecular complexity index is 552. The van der Waals surface area contributed by atoms with E-state index in [1.54, 1.807) is 18.4 Å². The molecule has 1 atom stereocenters. The van der Waals surface area contributed by atoms with Crippen LogP contribution < -0.4 is 5.73 Å². The Morgan fingerprint density at radius 1 is 1.56 bits per heavy atom. The van der Waals surface area contributed by atoms with E-state index < -0.39 is 10.8 Å². The van der Waals surface area contributed by atoms with Crippen LogP contribution in [0.25, 0.3) is 11.0 Å². The van der Waals surface area contributed by atoms with Crippen molar-refractivity contribution in [1.82, 2.24) is 9.55 Å². The van der Waals surface area contributed by atoms with Crippen LogP contribution >= 0.6 is 11.6 Å². The smallest absolute Gasteiger partial charge is 0.201 e. The van der Waals surface area contributed by atoms with Crippen LogP contribution in [0.5, 0.6) is 0 Å². The zero-order chi connectivity index (χ0) is 11.7. The van der Waals surface area contributed by atoms with Crippen LogP contribution in [0.4, 0.5) is 5.95 Å². The largest absolute Gasteiger partial charge is 0.369 e.